The SMILES string of the molecule is Cc1cc(C)cc(Nc2c([N+](=O)[O-])cc(C(=O)Cl)cc2[N+](=O)[O-])c1. The van der Waals surface area contributed by atoms with Crippen molar-refractivity contribution >= 4 is 39.6 Å². The highest BCUT2D eigenvalue weighted by Crippen LogP contribution is 2.38. The highest BCUT2D eigenvalue weighted by molar-refractivity contribution is 6.67. The van der Waals surface area contributed by atoms with Gasteiger partial charge < -0.3 is 5.32 Å². The van der Waals surface area contributed by atoms with Crippen molar-refractivity contribution in [2.75, 3.05) is 5.32 Å². The van der Waals surface area contributed by atoms with Gasteiger partial charge >= 0.3 is 11.4 Å². The molecule has 0 aromatic heterocycles. The number of carbonyl (C=O) groups excluding carboxylic acids is 1. The smallest absolute Gasteiger partial charge is 0.300 e. The molecule has 0 saturated heterocycles. The van der Waals surface area contributed by atoms with Gasteiger partial charge in [-0.3, -0.25) is 25.0 Å². The maximum atomic E-state index is 11.3. The van der Waals surface area contributed by atoms with Gasteiger partial charge in [-0.25, -0.2) is 0 Å². The van der Waals surface area contributed by atoms with Gasteiger partial charge in [0.15, 0.2) is 5.69 Å². The lowest BCUT2D eigenvalue weighted by atomic mass is 10.1. The Hall–Kier alpha value is -3.00. The van der Waals surface area contributed by atoms with Gasteiger partial charge in [0.1, 0.15) is 0 Å². The van der Waals surface area contributed by atoms with Gasteiger partial charge in [-0.15, -0.1) is 0 Å². The zero-order valence-corrected chi connectivity index (χ0v) is 13.5. The van der Waals surface area contributed by atoms with E-state index in [1.165, 1.54) is 0 Å². The molecule has 0 aliphatic rings. The van der Waals surface area contributed by atoms with Crippen LogP contribution in [0.4, 0.5) is 22.7 Å². The largest absolute Gasteiger partial charge is 0.344 e. The van der Waals surface area contributed by atoms with Gasteiger partial charge in [0, 0.05) is 23.4 Å². The second-order valence-corrected chi connectivity index (χ2v) is 5.52. The molecule has 0 bridgehead atoms. The fourth-order valence-corrected chi connectivity index (χ4v) is 2.44. The van der Waals surface area contributed by atoms with Crippen molar-refractivity contribution in [2.24, 2.45) is 0 Å². The molecule has 2 aromatic rings. The van der Waals surface area contributed by atoms with Crippen LogP contribution in [0.2, 0.25) is 0 Å². The molecular weight excluding hydrogens is 338 g/mol. The van der Waals surface area contributed by atoms with E-state index in [0.717, 1.165) is 23.3 Å². The summed E-state index contributed by atoms with van der Waals surface area (Å²) in [4.78, 5) is 32.2. The van der Waals surface area contributed by atoms with Crippen LogP contribution in [-0.2, 0) is 0 Å². The first-order valence-corrected chi connectivity index (χ1v) is 7.09. The summed E-state index contributed by atoms with van der Waals surface area (Å²) in [5, 5.41) is 24.3. The molecule has 0 radical (unpaired) electrons. The average Bonchev–Trinajstić information content (AvgIpc) is 2.45. The summed E-state index contributed by atoms with van der Waals surface area (Å²) >= 11 is 5.31. The zero-order chi connectivity index (χ0) is 18.0. The average molecular weight is 350 g/mol. The van der Waals surface area contributed by atoms with Crippen LogP contribution in [0, 0.1) is 34.1 Å². The van der Waals surface area contributed by atoms with Crippen molar-refractivity contribution in [3.8, 4) is 0 Å². The third kappa shape index (κ3) is 3.66. The minimum atomic E-state index is -1.01. The standard InChI is InChI=1S/C15H12ClN3O5/c1-8-3-9(2)5-11(4-8)17-14-12(18(21)22)6-10(15(16)20)7-13(14)19(23)24/h3-7,17H,1-2H3. The molecule has 0 saturated carbocycles. The number of nitrogens with one attached hydrogen (secondary N) is 1. The number of rotatable bonds is 5. The number of carbonyl (C=O) groups is 1. The summed E-state index contributed by atoms with van der Waals surface area (Å²) in [7, 11) is 0. The predicted octanol–water partition coefficient (Wildman–Crippen LogP) is 4.24. The molecule has 0 amide bonds. The lowest BCUT2D eigenvalue weighted by Crippen LogP contribution is -2.04. The van der Waals surface area contributed by atoms with Crippen molar-refractivity contribution in [2.45, 2.75) is 13.8 Å². The maximum absolute atomic E-state index is 11.3. The number of benzene rings is 2. The van der Waals surface area contributed by atoms with Gasteiger partial charge in [-0.2, -0.15) is 0 Å². The topological polar surface area (TPSA) is 115 Å². The van der Waals surface area contributed by atoms with Gasteiger partial charge in [-0.05, 0) is 48.7 Å². The monoisotopic (exact) mass is 349 g/mol. The van der Waals surface area contributed by atoms with Crippen LogP contribution in [0.15, 0.2) is 30.3 Å². The number of halogens is 1. The fourth-order valence-electron chi connectivity index (χ4n) is 2.33. The van der Waals surface area contributed by atoms with Gasteiger partial charge in [0.05, 0.1) is 9.85 Å². The van der Waals surface area contributed by atoms with Crippen LogP contribution < -0.4 is 5.32 Å². The van der Waals surface area contributed by atoms with Gasteiger partial charge in [-0.1, -0.05) is 6.07 Å². The molecule has 8 nitrogen and oxygen atoms in total. The summed E-state index contributed by atoms with van der Waals surface area (Å²) in [6, 6.07) is 7.10. The molecule has 9 heteroatoms. The molecule has 24 heavy (non-hydrogen) atoms. The third-order valence-electron chi connectivity index (χ3n) is 3.21. The van der Waals surface area contributed by atoms with Crippen LogP contribution in [-0.4, -0.2) is 15.1 Å². The molecule has 1 N–H and O–H groups in total. The molecule has 0 heterocycles. The summed E-state index contributed by atoms with van der Waals surface area (Å²) in [5.41, 5.74) is 0.395. The molecule has 0 aliphatic heterocycles. The van der Waals surface area contributed by atoms with E-state index >= 15 is 0 Å². The molecular formula is C15H12ClN3O5. The molecule has 0 fully saturated rings. The number of nitro groups is 2. The molecule has 0 unspecified atom stereocenters. The molecule has 2 aromatic carbocycles. The molecule has 0 atom stereocenters. The number of hydrogen-bond donors (Lipinski definition) is 1. The van der Waals surface area contributed by atoms with E-state index in [-0.39, 0.29) is 11.3 Å². The quantitative estimate of drug-likeness (QED) is 0.490. The Morgan fingerprint density at radius 1 is 0.958 bits per heavy atom. The summed E-state index contributed by atoms with van der Waals surface area (Å²) in [5.74, 6) is 0. The normalized spacial score (nSPS) is 10.3. The van der Waals surface area contributed by atoms with Crippen LogP contribution in [0.5, 0.6) is 0 Å². The van der Waals surface area contributed by atoms with E-state index < -0.39 is 26.5 Å². The number of nitrogens with zero attached hydrogens (tertiary/aromatic N) is 2. The predicted molar refractivity (Wildman–Crippen MR) is 89.1 cm³/mol. The van der Waals surface area contributed by atoms with Crippen molar-refractivity contribution < 1.29 is 14.6 Å². The molecule has 2 rings (SSSR count). The van der Waals surface area contributed by atoms with Gasteiger partial charge in [0.2, 0.25) is 0 Å². The Morgan fingerprint density at radius 3 is 1.79 bits per heavy atom. The third-order valence-corrected chi connectivity index (χ3v) is 3.43. The zero-order valence-electron chi connectivity index (χ0n) is 12.7. The minimum absolute atomic E-state index is 0.309. The number of nitro benzene ring substituents is 2. The molecule has 0 spiro atoms. The Balaban J connectivity index is 2.68. The van der Waals surface area contributed by atoms with Crippen LogP contribution in [0.3, 0.4) is 0 Å². The Bertz CT molecular complexity index is 811. The fraction of sp³-hybridized carbons (Fsp3) is 0.133. The van der Waals surface area contributed by atoms with E-state index in [1.807, 2.05) is 19.9 Å². The van der Waals surface area contributed by atoms with E-state index in [1.54, 1.807) is 12.1 Å². The van der Waals surface area contributed by atoms with E-state index in [0.29, 0.717) is 5.69 Å². The van der Waals surface area contributed by atoms with Crippen molar-refractivity contribution in [3.63, 3.8) is 0 Å². The first kappa shape index (κ1) is 17.4. The second kappa shape index (κ2) is 6.63. The van der Waals surface area contributed by atoms with Gasteiger partial charge in [0.25, 0.3) is 5.24 Å². The highest BCUT2D eigenvalue weighted by atomic mass is 35.5. The Labute approximate surface area is 141 Å². The lowest BCUT2D eigenvalue weighted by molar-refractivity contribution is -0.392. The first-order valence-electron chi connectivity index (χ1n) is 6.71. The summed E-state index contributed by atoms with van der Waals surface area (Å²) in [6.07, 6.45) is 0. The summed E-state index contributed by atoms with van der Waals surface area (Å²) < 4.78 is 0. The first-order chi connectivity index (χ1) is 11.2. The lowest BCUT2D eigenvalue weighted by Gasteiger charge is -2.10. The Morgan fingerprint density at radius 2 is 1.42 bits per heavy atom. The Kier molecular flexibility index (Phi) is 4.79. The maximum Gasteiger partial charge on any atom is 0.300 e. The van der Waals surface area contributed by atoms with Crippen molar-refractivity contribution in [1.29, 1.82) is 0 Å². The number of anilines is 2. The minimum Gasteiger partial charge on any atom is -0.344 e. The molecule has 124 valence electrons. The van der Waals surface area contributed by atoms with E-state index in [4.69, 9.17) is 11.6 Å². The van der Waals surface area contributed by atoms with E-state index in [9.17, 15) is 25.0 Å². The van der Waals surface area contributed by atoms with Crippen LogP contribution in [0.25, 0.3) is 0 Å². The number of aryl methyl sites for hydroxylation is 2. The van der Waals surface area contributed by atoms with Crippen molar-refractivity contribution in [1.82, 2.24) is 0 Å². The summed E-state index contributed by atoms with van der Waals surface area (Å²) in [6.45, 7) is 3.66. The number of hydrogen-bond acceptors (Lipinski definition) is 6. The highest BCUT2D eigenvalue weighted by Gasteiger charge is 2.28. The van der Waals surface area contributed by atoms with Crippen LogP contribution >= 0.6 is 11.6 Å². The van der Waals surface area contributed by atoms with E-state index in [2.05, 4.69) is 5.32 Å². The van der Waals surface area contributed by atoms with Crippen molar-refractivity contribution in [3.05, 3.63) is 67.3 Å². The molecule has 0 aliphatic carbocycles. The van der Waals surface area contributed by atoms with Crippen LogP contribution in [0.1, 0.15) is 21.5 Å². The second-order valence-electron chi connectivity index (χ2n) is 5.18.